The van der Waals surface area contributed by atoms with Crippen LogP contribution >= 0.6 is 15.9 Å². The fraction of sp³-hybridized carbons (Fsp3) is 0.143. The Hall–Kier alpha value is -1.42. The average molecular weight is 313 g/mol. The SMILES string of the molecule is FC(F)COc1cccc(-c2ccccc2Br)c1. The van der Waals surface area contributed by atoms with Crippen LogP contribution in [-0.4, -0.2) is 13.0 Å². The molecule has 0 aliphatic carbocycles. The largest absolute Gasteiger partial charge is 0.488 e. The minimum Gasteiger partial charge on any atom is -0.488 e. The molecule has 2 aromatic carbocycles. The van der Waals surface area contributed by atoms with Gasteiger partial charge in [-0.2, -0.15) is 0 Å². The molecule has 0 heterocycles. The van der Waals surface area contributed by atoms with Crippen molar-refractivity contribution in [2.45, 2.75) is 6.43 Å². The van der Waals surface area contributed by atoms with Gasteiger partial charge in [-0.1, -0.05) is 46.3 Å². The quantitative estimate of drug-likeness (QED) is 0.791. The van der Waals surface area contributed by atoms with Crippen LogP contribution in [0.25, 0.3) is 11.1 Å². The van der Waals surface area contributed by atoms with E-state index in [2.05, 4.69) is 15.9 Å². The molecule has 0 N–H and O–H groups in total. The van der Waals surface area contributed by atoms with Crippen molar-refractivity contribution in [2.24, 2.45) is 0 Å². The Balaban J connectivity index is 2.25. The van der Waals surface area contributed by atoms with Gasteiger partial charge in [-0.3, -0.25) is 0 Å². The smallest absolute Gasteiger partial charge is 0.272 e. The van der Waals surface area contributed by atoms with Crippen LogP contribution in [0.15, 0.2) is 53.0 Å². The van der Waals surface area contributed by atoms with Gasteiger partial charge in [-0.25, -0.2) is 8.78 Å². The third-order valence-electron chi connectivity index (χ3n) is 2.39. The highest BCUT2D eigenvalue weighted by Gasteiger charge is 2.06. The second-order valence-electron chi connectivity index (χ2n) is 3.71. The monoisotopic (exact) mass is 312 g/mol. The minimum absolute atomic E-state index is 0.448. The van der Waals surface area contributed by atoms with E-state index in [-0.39, 0.29) is 0 Å². The van der Waals surface area contributed by atoms with Crippen molar-refractivity contribution in [3.63, 3.8) is 0 Å². The lowest BCUT2D eigenvalue weighted by atomic mass is 10.1. The molecule has 0 aliphatic rings. The lowest BCUT2D eigenvalue weighted by molar-refractivity contribution is 0.0819. The Morgan fingerprint density at radius 2 is 1.83 bits per heavy atom. The maximum atomic E-state index is 12.1. The summed E-state index contributed by atoms with van der Waals surface area (Å²) in [4.78, 5) is 0. The number of alkyl halides is 2. The van der Waals surface area contributed by atoms with E-state index in [1.165, 1.54) is 0 Å². The molecule has 0 atom stereocenters. The highest BCUT2D eigenvalue weighted by molar-refractivity contribution is 9.10. The Labute approximate surface area is 113 Å². The molecule has 0 amide bonds. The fourth-order valence-electron chi connectivity index (χ4n) is 1.61. The topological polar surface area (TPSA) is 9.23 Å². The summed E-state index contributed by atoms with van der Waals surface area (Å²) in [6.07, 6.45) is -2.46. The molecule has 0 saturated heterocycles. The van der Waals surface area contributed by atoms with Gasteiger partial charge in [0.1, 0.15) is 12.4 Å². The summed E-state index contributed by atoms with van der Waals surface area (Å²) in [7, 11) is 0. The van der Waals surface area contributed by atoms with Crippen molar-refractivity contribution in [1.82, 2.24) is 0 Å². The first-order valence-electron chi connectivity index (χ1n) is 5.43. The van der Waals surface area contributed by atoms with E-state index >= 15 is 0 Å². The van der Waals surface area contributed by atoms with Crippen LogP contribution in [0.3, 0.4) is 0 Å². The van der Waals surface area contributed by atoms with Gasteiger partial charge in [0.2, 0.25) is 0 Å². The third kappa shape index (κ3) is 3.29. The van der Waals surface area contributed by atoms with Crippen molar-refractivity contribution in [3.05, 3.63) is 53.0 Å². The van der Waals surface area contributed by atoms with E-state index < -0.39 is 13.0 Å². The number of halogens is 3. The Morgan fingerprint density at radius 1 is 1.06 bits per heavy atom. The first-order valence-corrected chi connectivity index (χ1v) is 6.22. The predicted molar refractivity (Wildman–Crippen MR) is 71.1 cm³/mol. The molecule has 0 saturated carbocycles. The number of rotatable bonds is 4. The maximum absolute atomic E-state index is 12.1. The molecule has 94 valence electrons. The molecule has 1 nitrogen and oxygen atoms in total. The van der Waals surface area contributed by atoms with Gasteiger partial charge >= 0.3 is 0 Å². The predicted octanol–water partition coefficient (Wildman–Crippen LogP) is 4.76. The molecule has 18 heavy (non-hydrogen) atoms. The summed E-state index contributed by atoms with van der Waals surface area (Å²) in [6.45, 7) is -0.584. The Morgan fingerprint density at radius 3 is 2.56 bits per heavy atom. The highest BCUT2D eigenvalue weighted by Crippen LogP contribution is 2.30. The van der Waals surface area contributed by atoms with Gasteiger partial charge in [-0.05, 0) is 29.3 Å². The molecule has 0 radical (unpaired) electrons. The van der Waals surface area contributed by atoms with Gasteiger partial charge in [0.25, 0.3) is 6.43 Å². The molecule has 0 unspecified atom stereocenters. The van der Waals surface area contributed by atoms with E-state index in [9.17, 15) is 8.78 Å². The van der Waals surface area contributed by atoms with Gasteiger partial charge < -0.3 is 4.74 Å². The molecule has 0 aliphatic heterocycles. The van der Waals surface area contributed by atoms with Crippen molar-refractivity contribution < 1.29 is 13.5 Å². The van der Waals surface area contributed by atoms with E-state index in [1.54, 1.807) is 18.2 Å². The Kier molecular flexibility index (Phi) is 4.31. The van der Waals surface area contributed by atoms with E-state index in [1.807, 2.05) is 30.3 Å². The van der Waals surface area contributed by atoms with Crippen LogP contribution in [0.2, 0.25) is 0 Å². The summed E-state index contributed by atoms with van der Waals surface area (Å²) in [5.74, 6) is 0.448. The zero-order valence-corrected chi connectivity index (χ0v) is 11.0. The van der Waals surface area contributed by atoms with Gasteiger partial charge in [0.05, 0.1) is 0 Å². The van der Waals surface area contributed by atoms with Crippen LogP contribution in [-0.2, 0) is 0 Å². The minimum atomic E-state index is -2.46. The van der Waals surface area contributed by atoms with Crippen LogP contribution in [0.5, 0.6) is 5.75 Å². The number of hydrogen-bond acceptors (Lipinski definition) is 1. The maximum Gasteiger partial charge on any atom is 0.272 e. The van der Waals surface area contributed by atoms with Crippen LogP contribution < -0.4 is 4.74 Å². The standard InChI is InChI=1S/C14H11BrF2O/c15-13-7-2-1-6-12(13)10-4-3-5-11(8-10)18-9-14(16)17/h1-8,14H,9H2. The second-order valence-corrected chi connectivity index (χ2v) is 4.56. The van der Waals surface area contributed by atoms with E-state index in [0.717, 1.165) is 15.6 Å². The molecule has 0 fully saturated rings. The molecular weight excluding hydrogens is 302 g/mol. The van der Waals surface area contributed by atoms with E-state index in [0.29, 0.717) is 5.75 Å². The average Bonchev–Trinajstić information content (AvgIpc) is 2.37. The van der Waals surface area contributed by atoms with Crippen molar-refractivity contribution in [1.29, 1.82) is 0 Å². The van der Waals surface area contributed by atoms with Crippen LogP contribution in [0.4, 0.5) is 8.78 Å². The number of hydrogen-bond donors (Lipinski definition) is 0. The van der Waals surface area contributed by atoms with Gasteiger partial charge in [0.15, 0.2) is 0 Å². The Bertz CT molecular complexity index is 529. The van der Waals surface area contributed by atoms with Gasteiger partial charge in [-0.15, -0.1) is 0 Å². The first kappa shape index (κ1) is 13.0. The highest BCUT2D eigenvalue weighted by atomic mass is 79.9. The normalized spacial score (nSPS) is 10.7. The number of ether oxygens (including phenoxy) is 1. The van der Waals surface area contributed by atoms with Crippen LogP contribution in [0, 0.1) is 0 Å². The summed E-state index contributed by atoms with van der Waals surface area (Å²) in [5.41, 5.74) is 1.93. The molecule has 0 bridgehead atoms. The van der Waals surface area contributed by atoms with Gasteiger partial charge in [0, 0.05) is 4.47 Å². The van der Waals surface area contributed by atoms with Crippen molar-refractivity contribution in [3.8, 4) is 16.9 Å². The summed E-state index contributed by atoms with van der Waals surface area (Å²) in [6, 6.07) is 14.9. The zero-order chi connectivity index (χ0) is 13.0. The first-order chi connectivity index (χ1) is 8.66. The van der Waals surface area contributed by atoms with Crippen LogP contribution in [0.1, 0.15) is 0 Å². The van der Waals surface area contributed by atoms with Crippen molar-refractivity contribution >= 4 is 15.9 Å². The van der Waals surface area contributed by atoms with E-state index in [4.69, 9.17) is 4.74 Å². The molecule has 0 spiro atoms. The third-order valence-corrected chi connectivity index (χ3v) is 3.09. The zero-order valence-electron chi connectivity index (χ0n) is 9.45. The lowest BCUT2D eigenvalue weighted by Gasteiger charge is -2.08. The van der Waals surface area contributed by atoms with Crippen molar-refractivity contribution in [2.75, 3.05) is 6.61 Å². The molecule has 0 aromatic heterocycles. The molecule has 2 aromatic rings. The number of benzene rings is 2. The molecular formula is C14H11BrF2O. The molecule has 4 heteroatoms. The summed E-state index contributed by atoms with van der Waals surface area (Å²) in [5, 5.41) is 0. The summed E-state index contributed by atoms with van der Waals surface area (Å²) < 4.78 is 30.1. The lowest BCUT2D eigenvalue weighted by Crippen LogP contribution is -2.06. The fourth-order valence-corrected chi connectivity index (χ4v) is 2.12. The second kappa shape index (κ2) is 5.96. The molecule has 2 rings (SSSR count). The summed E-state index contributed by atoms with van der Waals surface area (Å²) >= 11 is 3.46.